The molecule has 2 heteroatoms. The van der Waals surface area contributed by atoms with Crippen molar-refractivity contribution >= 4 is 5.78 Å². The summed E-state index contributed by atoms with van der Waals surface area (Å²) in [6.45, 7) is 4.53. The van der Waals surface area contributed by atoms with E-state index in [0.717, 1.165) is 25.0 Å². The second-order valence-electron chi connectivity index (χ2n) is 6.83. The van der Waals surface area contributed by atoms with Crippen molar-refractivity contribution in [1.29, 1.82) is 0 Å². The van der Waals surface area contributed by atoms with Crippen LogP contribution in [-0.2, 0) is 11.2 Å². The number of aryl methyl sites for hydroxylation is 1. The van der Waals surface area contributed by atoms with Crippen molar-refractivity contribution in [3.8, 4) is 0 Å². The fraction of sp³-hybridized carbons (Fsp3) is 0.647. The van der Waals surface area contributed by atoms with Crippen molar-refractivity contribution in [1.82, 2.24) is 4.98 Å². The van der Waals surface area contributed by atoms with E-state index in [2.05, 4.69) is 24.9 Å². The van der Waals surface area contributed by atoms with Crippen LogP contribution in [0.4, 0.5) is 0 Å². The zero-order valence-corrected chi connectivity index (χ0v) is 12.0. The zero-order chi connectivity index (χ0) is 13.5. The number of hydrogen-bond acceptors (Lipinski definition) is 2. The zero-order valence-electron chi connectivity index (χ0n) is 12.0. The van der Waals surface area contributed by atoms with Crippen molar-refractivity contribution in [3.05, 3.63) is 29.6 Å². The first-order valence-electron chi connectivity index (χ1n) is 7.57. The fourth-order valence-corrected chi connectivity index (χ4v) is 3.95. The highest BCUT2D eigenvalue weighted by Gasteiger charge is 2.42. The van der Waals surface area contributed by atoms with Gasteiger partial charge >= 0.3 is 0 Å². The minimum atomic E-state index is 0.0681. The molecule has 1 aromatic rings. The SMILES string of the molecule is CC1(C)CCCCC1C(=O)C1CCc2cccnc21. The highest BCUT2D eigenvalue weighted by atomic mass is 16.1. The first-order chi connectivity index (χ1) is 9.09. The van der Waals surface area contributed by atoms with Crippen molar-refractivity contribution in [3.63, 3.8) is 0 Å². The van der Waals surface area contributed by atoms with Crippen molar-refractivity contribution in [2.45, 2.75) is 58.3 Å². The van der Waals surface area contributed by atoms with Crippen LogP contribution in [-0.4, -0.2) is 10.8 Å². The molecule has 1 saturated carbocycles. The first kappa shape index (κ1) is 12.8. The normalized spacial score (nSPS) is 28.9. The van der Waals surface area contributed by atoms with Gasteiger partial charge in [0.05, 0.1) is 11.6 Å². The maximum absolute atomic E-state index is 12.9. The van der Waals surface area contributed by atoms with E-state index >= 15 is 0 Å². The summed E-state index contributed by atoms with van der Waals surface area (Å²) in [5.74, 6) is 0.764. The Hall–Kier alpha value is -1.18. The van der Waals surface area contributed by atoms with Gasteiger partial charge < -0.3 is 0 Å². The van der Waals surface area contributed by atoms with Gasteiger partial charge in [0.1, 0.15) is 5.78 Å². The molecule has 102 valence electrons. The lowest BCUT2D eigenvalue weighted by atomic mass is 9.65. The first-order valence-corrected chi connectivity index (χ1v) is 7.57. The molecular formula is C17H23NO. The molecule has 0 bridgehead atoms. The van der Waals surface area contributed by atoms with Crippen LogP contribution in [0.1, 0.15) is 63.1 Å². The topological polar surface area (TPSA) is 30.0 Å². The quantitative estimate of drug-likeness (QED) is 0.804. The highest BCUT2D eigenvalue weighted by molar-refractivity contribution is 5.89. The van der Waals surface area contributed by atoms with Gasteiger partial charge in [0.2, 0.25) is 0 Å². The van der Waals surface area contributed by atoms with Gasteiger partial charge in [0.15, 0.2) is 0 Å². The molecule has 0 radical (unpaired) electrons. The van der Waals surface area contributed by atoms with Gasteiger partial charge in [-0.1, -0.05) is 32.8 Å². The molecular weight excluding hydrogens is 234 g/mol. The number of carbonyl (C=O) groups is 1. The predicted octanol–water partition coefficient (Wildman–Crippen LogP) is 3.90. The van der Waals surface area contributed by atoms with Gasteiger partial charge in [-0.3, -0.25) is 9.78 Å². The minimum absolute atomic E-state index is 0.0681. The number of rotatable bonds is 2. The van der Waals surface area contributed by atoms with E-state index in [0.29, 0.717) is 5.78 Å². The third kappa shape index (κ3) is 2.22. The summed E-state index contributed by atoms with van der Waals surface area (Å²) >= 11 is 0. The van der Waals surface area contributed by atoms with Crippen LogP contribution >= 0.6 is 0 Å². The molecule has 2 atom stereocenters. The molecule has 0 saturated heterocycles. The van der Waals surface area contributed by atoms with Gasteiger partial charge in [-0.2, -0.15) is 0 Å². The van der Waals surface area contributed by atoms with Gasteiger partial charge in [-0.15, -0.1) is 0 Å². The average Bonchev–Trinajstić information content (AvgIpc) is 2.81. The van der Waals surface area contributed by atoms with Crippen LogP contribution in [0.25, 0.3) is 0 Å². The maximum atomic E-state index is 12.9. The molecule has 0 aliphatic heterocycles. The molecule has 1 fully saturated rings. The third-order valence-electron chi connectivity index (χ3n) is 5.15. The van der Waals surface area contributed by atoms with Crippen LogP contribution in [0, 0.1) is 11.3 Å². The molecule has 0 aromatic carbocycles. The third-order valence-corrected chi connectivity index (χ3v) is 5.15. The summed E-state index contributed by atoms with van der Waals surface area (Å²) in [6.07, 6.45) is 8.56. The molecule has 0 amide bonds. The maximum Gasteiger partial charge on any atom is 0.145 e. The van der Waals surface area contributed by atoms with Gasteiger partial charge in [-0.25, -0.2) is 0 Å². The summed E-state index contributed by atoms with van der Waals surface area (Å²) in [5.41, 5.74) is 2.52. The molecule has 19 heavy (non-hydrogen) atoms. The lowest BCUT2D eigenvalue weighted by Crippen LogP contribution is -2.36. The number of pyridine rings is 1. The largest absolute Gasteiger partial charge is 0.299 e. The molecule has 2 nitrogen and oxygen atoms in total. The monoisotopic (exact) mass is 257 g/mol. The summed E-state index contributed by atoms with van der Waals surface area (Å²) in [5, 5.41) is 0. The number of Topliss-reactive ketones (excluding diaryl/α,β-unsaturated/α-hetero) is 1. The second-order valence-corrected chi connectivity index (χ2v) is 6.83. The second kappa shape index (κ2) is 4.73. The van der Waals surface area contributed by atoms with Crippen LogP contribution < -0.4 is 0 Å². The smallest absolute Gasteiger partial charge is 0.145 e. The van der Waals surface area contributed by atoms with Gasteiger partial charge in [0, 0.05) is 12.1 Å². The number of aromatic nitrogens is 1. The summed E-state index contributed by atoms with van der Waals surface area (Å²) in [7, 11) is 0. The summed E-state index contributed by atoms with van der Waals surface area (Å²) < 4.78 is 0. The van der Waals surface area contributed by atoms with Crippen LogP contribution in [0.5, 0.6) is 0 Å². The molecule has 2 aliphatic rings. The molecule has 3 rings (SSSR count). The molecule has 0 spiro atoms. The van der Waals surface area contributed by atoms with Crippen molar-refractivity contribution < 1.29 is 4.79 Å². The average molecular weight is 257 g/mol. The summed E-state index contributed by atoms with van der Waals surface area (Å²) in [6, 6.07) is 4.11. The predicted molar refractivity (Wildman–Crippen MR) is 76.0 cm³/mol. The van der Waals surface area contributed by atoms with Gasteiger partial charge in [0.25, 0.3) is 0 Å². The van der Waals surface area contributed by atoms with E-state index < -0.39 is 0 Å². The van der Waals surface area contributed by atoms with Crippen LogP contribution in [0.15, 0.2) is 18.3 Å². The fourth-order valence-electron chi connectivity index (χ4n) is 3.95. The molecule has 0 N–H and O–H groups in total. The lowest BCUT2D eigenvalue weighted by Gasteiger charge is -2.38. The Morgan fingerprint density at radius 1 is 1.32 bits per heavy atom. The number of fused-ring (bicyclic) bond motifs is 1. The Morgan fingerprint density at radius 2 is 2.16 bits per heavy atom. The van der Waals surface area contributed by atoms with Crippen LogP contribution in [0.2, 0.25) is 0 Å². The van der Waals surface area contributed by atoms with Crippen molar-refractivity contribution in [2.24, 2.45) is 11.3 Å². The Kier molecular flexibility index (Phi) is 3.20. The lowest BCUT2D eigenvalue weighted by molar-refractivity contribution is -0.129. The van der Waals surface area contributed by atoms with E-state index in [1.807, 2.05) is 12.3 Å². The van der Waals surface area contributed by atoms with E-state index in [9.17, 15) is 4.79 Å². The number of nitrogens with zero attached hydrogens (tertiary/aromatic N) is 1. The van der Waals surface area contributed by atoms with Crippen molar-refractivity contribution in [2.75, 3.05) is 0 Å². The van der Waals surface area contributed by atoms with E-state index in [1.165, 1.54) is 24.8 Å². The number of ketones is 1. The Labute approximate surface area is 115 Å². The number of hydrogen-bond donors (Lipinski definition) is 0. The highest BCUT2D eigenvalue weighted by Crippen LogP contribution is 2.45. The van der Waals surface area contributed by atoms with E-state index in [-0.39, 0.29) is 17.3 Å². The molecule has 1 aromatic heterocycles. The minimum Gasteiger partial charge on any atom is -0.299 e. The summed E-state index contributed by atoms with van der Waals surface area (Å²) in [4.78, 5) is 17.4. The Balaban J connectivity index is 1.85. The molecule has 1 heterocycles. The standard InChI is InChI=1S/C17H23NO/c1-17(2)10-4-3-7-14(17)16(19)13-9-8-12-6-5-11-18-15(12)13/h5-6,11,13-14H,3-4,7-10H2,1-2H3. The van der Waals surface area contributed by atoms with Gasteiger partial charge in [-0.05, 0) is 42.7 Å². The number of carbonyl (C=O) groups excluding carboxylic acids is 1. The Morgan fingerprint density at radius 3 is 2.95 bits per heavy atom. The van der Waals surface area contributed by atoms with Crippen LogP contribution in [0.3, 0.4) is 0 Å². The molecule has 2 aliphatic carbocycles. The Bertz CT molecular complexity index is 492. The van der Waals surface area contributed by atoms with E-state index in [4.69, 9.17) is 0 Å². The van der Waals surface area contributed by atoms with E-state index in [1.54, 1.807) is 0 Å². The molecule has 2 unspecified atom stereocenters.